The van der Waals surface area contributed by atoms with Gasteiger partial charge < -0.3 is 0 Å². The van der Waals surface area contributed by atoms with E-state index in [1.807, 2.05) is 0 Å². The highest BCUT2D eigenvalue weighted by atomic mass is 19.2. The maximum Gasteiger partial charge on any atom is 0.175 e. The first-order valence-electron chi connectivity index (χ1n) is 2.90. The van der Waals surface area contributed by atoms with Gasteiger partial charge in [0.05, 0.1) is 5.57 Å². The van der Waals surface area contributed by atoms with E-state index >= 15 is 0 Å². The summed E-state index contributed by atoms with van der Waals surface area (Å²) in [6.45, 7) is 4.32. The van der Waals surface area contributed by atoms with Gasteiger partial charge in [0.25, 0.3) is 0 Å². The fraction of sp³-hybridized carbons (Fsp3) is 0.125. The summed E-state index contributed by atoms with van der Waals surface area (Å²) >= 11 is 0. The van der Waals surface area contributed by atoms with E-state index in [2.05, 4.69) is 6.58 Å². The number of halogens is 2. The lowest BCUT2D eigenvalue weighted by molar-refractivity contribution is 0.545. The maximum atomic E-state index is 12.5. The molecular formula is C8H7F2N. The van der Waals surface area contributed by atoms with E-state index in [1.54, 1.807) is 6.92 Å². The number of hydrogen-bond donors (Lipinski definition) is 0. The third-order valence-corrected chi connectivity index (χ3v) is 0.928. The summed E-state index contributed by atoms with van der Waals surface area (Å²) < 4.78 is 24.6. The fourth-order valence-electron chi connectivity index (χ4n) is 0.472. The Morgan fingerprint density at radius 1 is 1.55 bits per heavy atom. The molecule has 0 amide bonds. The van der Waals surface area contributed by atoms with Crippen LogP contribution in [-0.2, 0) is 0 Å². The Labute approximate surface area is 63.9 Å². The zero-order valence-corrected chi connectivity index (χ0v) is 6.06. The first-order chi connectivity index (χ1) is 5.13. The summed E-state index contributed by atoms with van der Waals surface area (Å²) in [4.78, 5) is 0. The largest absolute Gasteiger partial charge is 0.204 e. The molecule has 0 fully saturated rings. The first kappa shape index (κ1) is 9.57. The predicted molar refractivity (Wildman–Crippen MR) is 38.8 cm³/mol. The van der Waals surface area contributed by atoms with Crippen LogP contribution in [0, 0.1) is 11.3 Å². The number of allylic oxidation sites excluding steroid dienone is 5. The van der Waals surface area contributed by atoms with E-state index in [-0.39, 0.29) is 5.57 Å². The fourth-order valence-corrected chi connectivity index (χ4v) is 0.472. The molecule has 0 aromatic rings. The highest BCUT2D eigenvalue weighted by molar-refractivity contribution is 5.40. The second kappa shape index (κ2) is 4.40. The van der Waals surface area contributed by atoms with Gasteiger partial charge in [0.15, 0.2) is 11.7 Å². The summed E-state index contributed by atoms with van der Waals surface area (Å²) in [7, 11) is 0. The average Bonchev–Trinajstić information content (AvgIpc) is 1.98. The molecule has 0 saturated carbocycles. The van der Waals surface area contributed by atoms with Crippen LogP contribution in [-0.4, -0.2) is 0 Å². The minimum atomic E-state index is -1.22. The number of nitriles is 1. The van der Waals surface area contributed by atoms with Crippen molar-refractivity contribution in [2.24, 2.45) is 0 Å². The van der Waals surface area contributed by atoms with Gasteiger partial charge in [0, 0.05) is 0 Å². The third-order valence-electron chi connectivity index (χ3n) is 0.928. The van der Waals surface area contributed by atoms with Crippen LogP contribution >= 0.6 is 0 Å². The Morgan fingerprint density at radius 2 is 2.09 bits per heavy atom. The van der Waals surface area contributed by atoms with E-state index in [0.717, 1.165) is 0 Å². The van der Waals surface area contributed by atoms with E-state index in [9.17, 15) is 8.78 Å². The highest BCUT2D eigenvalue weighted by Gasteiger charge is 2.05. The SMILES string of the molecule is C=C(F)/C(F)=C(C#N)\C=C/C. The summed E-state index contributed by atoms with van der Waals surface area (Å²) in [5, 5.41) is 8.27. The molecule has 0 aromatic heterocycles. The molecule has 0 heterocycles. The monoisotopic (exact) mass is 155 g/mol. The third kappa shape index (κ3) is 2.76. The van der Waals surface area contributed by atoms with Crippen molar-refractivity contribution in [2.45, 2.75) is 6.92 Å². The minimum Gasteiger partial charge on any atom is -0.204 e. The van der Waals surface area contributed by atoms with Crippen LogP contribution in [0.5, 0.6) is 0 Å². The Hall–Kier alpha value is -1.43. The molecule has 0 radical (unpaired) electrons. The summed E-state index contributed by atoms with van der Waals surface area (Å²) in [6, 6.07) is 1.50. The van der Waals surface area contributed by atoms with E-state index < -0.39 is 11.7 Å². The van der Waals surface area contributed by atoms with Gasteiger partial charge in [-0.05, 0) is 13.0 Å². The lowest BCUT2D eigenvalue weighted by Crippen LogP contribution is -1.80. The minimum absolute atomic E-state index is 0.347. The Bertz CT molecular complexity index is 256. The van der Waals surface area contributed by atoms with Gasteiger partial charge in [-0.25, -0.2) is 8.78 Å². The molecule has 3 heteroatoms. The van der Waals surface area contributed by atoms with Gasteiger partial charge in [-0.3, -0.25) is 0 Å². The van der Waals surface area contributed by atoms with E-state index in [0.29, 0.717) is 0 Å². The van der Waals surface area contributed by atoms with Gasteiger partial charge in [-0.15, -0.1) is 0 Å². The van der Waals surface area contributed by atoms with Gasteiger partial charge in [0.1, 0.15) is 6.07 Å². The quantitative estimate of drug-likeness (QED) is 0.444. The van der Waals surface area contributed by atoms with Crippen molar-refractivity contribution in [3.63, 3.8) is 0 Å². The van der Waals surface area contributed by atoms with Crippen molar-refractivity contribution in [2.75, 3.05) is 0 Å². The molecule has 0 atom stereocenters. The molecule has 0 aliphatic heterocycles. The van der Waals surface area contributed by atoms with Crippen molar-refractivity contribution in [3.05, 3.63) is 36.0 Å². The molecule has 58 valence electrons. The van der Waals surface area contributed by atoms with Crippen LogP contribution in [0.1, 0.15) is 6.92 Å². The molecule has 0 rings (SSSR count). The molecule has 11 heavy (non-hydrogen) atoms. The second-order valence-electron chi connectivity index (χ2n) is 1.74. The topological polar surface area (TPSA) is 23.8 Å². The van der Waals surface area contributed by atoms with Crippen LogP contribution in [0.3, 0.4) is 0 Å². The average molecular weight is 155 g/mol. The van der Waals surface area contributed by atoms with Crippen molar-refractivity contribution in [1.82, 2.24) is 0 Å². The van der Waals surface area contributed by atoms with Crippen LogP contribution in [0.25, 0.3) is 0 Å². The molecule has 1 nitrogen and oxygen atoms in total. The van der Waals surface area contributed by atoms with Crippen molar-refractivity contribution >= 4 is 0 Å². The summed E-state index contributed by atoms with van der Waals surface area (Å²) in [6.07, 6.45) is 2.63. The molecule has 0 N–H and O–H groups in total. The van der Waals surface area contributed by atoms with Gasteiger partial charge in [-0.1, -0.05) is 12.7 Å². The van der Waals surface area contributed by atoms with Crippen molar-refractivity contribution in [3.8, 4) is 6.07 Å². The first-order valence-corrected chi connectivity index (χ1v) is 2.90. The summed E-state index contributed by atoms with van der Waals surface area (Å²) in [5.74, 6) is -2.43. The molecule has 0 bridgehead atoms. The lowest BCUT2D eigenvalue weighted by atomic mass is 10.2. The Kier molecular flexibility index (Phi) is 3.82. The van der Waals surface area contributed by atoms with E-state index in [1.165, 1.54) is 18.2 Å². The zero-order chi connectivity index (χ0) is 8.85. The van der Waals surface area contributed by atoms with Crippen molar-refractivity contribution < 1.29 is 8.78 Å². The molecule has 0 spiro atoms. The van der Waals surface area contributed by atoms with Gasteiger partial charge in [0.2, 0.25) is 0 Å². The molecule has 0 aliphatic rings. The molecular weight excluding hydrogens is 148 g/mol. The van der Waals surface area contributed by atoms with Crippen molar-refractivity contribution in [1.29, 1.82) is 5.26 Å². The van der Waals surface area contributed by atoms with Crippen LogP contribution < -0.4 is 0 Å². The highest BCUT2D eigenvalue weighted by Crippen LogP contribution is 2.16. The Morgan fingerprint density at radius 3 is 2.36 bits per heavy atom. The number of rotatable bonds is 2. The molecule has 0 aliphatic carbocycles. The molecule has 0 aromatic carbocycles. The van der Waals surface area contributed by atoms with Gasteiger partial charge >= 0.3 is 0 Å². The number of hydrogen-bond acceptors (Lipinski definition) is 1. The van der Waals surface area contributed by atoms with Crippen LogP contribution in [0.15, 0.2) is 36.0 Å². The zero-order valence-electron chi connectivity index (χ0n) is 6.06. The normalized spacial score (nSPS) is 12.5. The van der Waals surface area contributed by atoms with Crippen LogP contribution in [0.4, 0.5) is 8.78 Å². The lowest BCUT2D eigenvalue weighted by Gasteiger charge is -1.90. The second-order valence-corrected chi connectivity index (χ2v) is 1.74. The molecule has 0 saturated heterocycles. The Balaban J connectivity index is 4.87. The van der Waals surface area contributed by atoms with Gasteiger partial charge in [-0.2, -0.15) is 5.26 Å². The smallest absolute Gasteiger partial charge is 0.175 e. The number of nitrogens with zero attached hydrogens (tertiary/aromatic N) is 1. The maximum absolute atomic E-state index is 12.5. The standard InChI is InChI=1S/C8H7F2N/c1-3-4-7(5-11)8(10)6(2)9/h3-4H,2H2,1H3/b4-3-,8-7-. The van der Waals surface area contributed by atoms with E-state index in [4.69, 9.17) is 5.26 Å². The summed E-state index contributed by atoms with van der Waals surface area (Å²) in [5.41, 5.74) is -0.347. The van der Waals surface area contributed by atoms with Crippen LogP contribution in [0.2, 0.25) is 0 Å². The predicted octanol–water partition coefficient (Wildman–Crippen LogP) is 2.79. The molecule has 0 unspecified atom stereocenters.